The van der Waals surface area contributed by atoms with Crippen molar-refractivity contribution in [1.29, 1.82) is 0 Å². The van der Waals surface area contributed by atoms with Crippen LogP contribution in [0.5, 0.6) is 0 Å². The highest BCUT2D eigenvalue weighted by molar-refractivity contribution is 5.96. The van der Waals surface area contributed by atoms with E-state index in [4.69, 9.17) is 9.72 Å². The van der Waals surface area contributed by atoms with Crippen molar-refractivity contribution in [3.8, 4) is 0 Å². The van der Waals surface area contributed by atoms with E-state index in [1.807, 2.05) is 20.8 Å². The molecule has 0 radical (unpaired) electrons. The van der Waals surface area contributed by atoms with Gasteiger partial charge < -0.3 is 14.5 Å². The van der Waals surface area contributed by atoms with Gasteiger partial charge in [0, 0.05) is 31.9 Å². The molecular weight excluding hydrogens is 387 g/mol. The van der Waals surface area contributed by atoms with Crippen molar-refractivity contribution in [2.45, 2.75) is 20.8 Å². The van der Waals surface area contributed by atoms with Crippen molar-refractivity contribution >= 4 is 23.5 Å². The first-order valence-corrected chi connectivity index (χ1v) is 10.1. The quantitative estimate of drug-likeness (QED) is 0.775. The summed E-state index contributed by atoms with van der Waals surface area (Å²) in [4.78, 5) is 34.4. The smallest absolute Gasteiger partial charge is 0.414 e. The van der Waals surface area contributed by atoms with Gasteiger partial charge in [-0.05, 0) is 50.1 Å². The monoisotopic (exact) mass is 412 g/mol. The van der Waals surface area contributed by atoms with Crippen molar-refractivity contribution in [2.75, 3.05) is 49.1 Å². The number of carbonyl (C=O) groups excluding carboxylic acids is 2. The fraction of sp³-hybridized carbons (Fsp3) is 0.409. The summed E-state index contributed by atoms with van der Waals surface area (Å²) in [5.41, 5.74) is 3.68. The Hall–Kier alpha value is -3.16. The van der Waals surface area contributed by atoms with Crippen LogP contribution in [0.1, 0.15) is 27.2 Å². The Morgan fingerprint density at radius 2 is 1.77 bits per heavy atom. The van der Waals surface area contributed by atoms with Crippen LogP contribution in [0.2, 0.25) is 0 Å². The summed E-state index contributed by atoms with van der Waals surface area (Å²) in [6.07, 6.45) is -0.500. The zero-order chi connectivity index (χ0) is 21.4. The summed E-state index contributed by atoms with van der Waals surface area (Å²) in [5.74, 6) is -0.0306. The fourth-order valence-corrected chi connectivity index (χ4v) is 3.91. The van der Waals surface area contributed by atoms with E-state index < -0.39 is 11.9 Å². The van der Waals surface area contributed by atoms with Crippen molar-refractivity contribution < 1.29 is 18.7 Å². The van der Waals surface area contributed by atoms with E-state index in [0.29, 0.717) is 38.4 Å². The molecule has 2 aliphatic rings. The number of cyclic esters (lactones) is 1. The Kier molecular flexibility index (Phi) is 5.32. The van der Waals surface area contributed by atoms with Gasteiger partial charge in [0.15, 0.2) is 0 Å². The molecule has 2 fully saturated rings. The molecule has 1 aromatic heterocycles. The molecule has 0 bridgehead atoms. The minimum Gasteiger partial charge on any atom is -0.447 e. The van der Waals surface area contributed by atoms with Crippen molar-refractivity contribution in [3.05, 3.63) is 52.5 Å². The predicted molar refractivity (Wildman–Crippen MR) is 112 cm³/mol. The summed E-state index contributed by atoms with van der Waals surface area (Å²) in [5, 5.41) is 0. The maximum atomic E-state index is 14.7. The van der Waals surface area contributed by atoms with Crippen molar-refractivity contribution in [3.63, 3.8) is 0 Å². The molecule has 30 heavy (non-hydrogen) atoms. The number of anilines is 2. The second-order valence-corrected chi connectivity index (χ2v) is 7.74. The number of pyridine rings is 1. The number of aryl methyl sites for hydroxylation is 3. The van der Waals surface area contributed by atoms with Crippen LogP contribution in [0.3, 0.4) is 0 Å². The van der Waals surface area contributed by atoms with Gasteiger partial charge in [0.25, 0.3) is 5.91 Å². The van der Waals surface area contributed by atoms with Gasteiger partial charge in [0.05, 0.1) is 17.8 Å². The third-order valence-corrected chi connectivity index (χ3v) is 5.75. The fourth-order valence-electron chi connectivity index (χ4n) is 3.91. The summed E-state index contributed by atoms with van der Waals surface area (Å²) in [7, 11) is 0. The molecule has 8 heteroatoms. The number of carbonyl (C=O) groups is 2. The number of amides is 2. The molecule has 1 aromatic carbocycles. The first kappa shape index (κ1) is 20.1. The van der Waals surface area contributed by atoms with Gasteiger partial charge in [-0.25, -0.2) is 14.2 Å². The average molecular weight is 412 g/mol. The summed E-state index contributed by atoms with van der Waals surface area (Å²) >= 11 is 0. The minimum absolute atomic E-state index is 0.0141. The number of benzene rings is 1. The summed E-state index contributed by atoms with van der Waals surface area (Å²) in [6.45, 7) is 9.00. The van der Waals surface area contributed by atoms with Crippen LogP contribution in [0.25, 0.3) is 0 Å². The molecule has 2 amide bonds. The van der Waals surface area contributed by atoms with Gasteiger partial charge in [0.2, 0.25) is 0 Å². The van der Waals surface area contributed by atoms with Gasteiger partial charge in [-0.1, -0.05) is 6.07 Å². The first-order chi connectivity index (χ1) is 14.3. The largest absolute Gasteiger partial charge is 0.447 e. The third kappa shape index (κ3) is 3.69. The van der Waals surface area contributed by atoms with Gasteiger partial charge in [-0.15, -0.1) is 0 Å². The third-order valence-electron chi connectivity index (χ3n) is 5.75. The number of hydrogen-bond acceptors (Lipinski definition) is 5. The van der Waals surface area contributed by atoms with Gasteiger partial charge in [0.1, 0.15) is 18.2 Å². The van der Waals surface area contributed by atoms with Crippen LogP contribution >= 0.6 is 0 Å². The normalized spacial score (nSPS) is 16.8. The molecule has 0 spiro atoms. The van der Waals surface area contributed by atoms with Gasteiger partial charge >= 0.3 is 6.09 Å². The molecule has 2 aromatic rings. The Balaban J connectivity index is 1.44. The number of rotatable bonds is 3. The highest BCUT2D eigenvalue weighted by atomic mass is 19.1. The number of ether oxygens (including phenoxy) is 1. The van der Waals surface area contributed by atoms with E-state index in [9.17, 15) is 14.0 Å². The average Bonchev–Trinajstić information content (AvgIpc) is 3.16. The number of aromatic nitrogens is 1. The molecule has 7 nitrogen and oxygen atoms in total. The first-order valence-electron chi connectivity index (χ1n) is 10.1. The van der Waals surface area contributed by atoms with E-state index in [-0.39, 0.29) is 18.1 Å². The van der Waals surface area contributed by atoms with Crippen LogP contribution in [-0.2, 0) is 4.74 Å². The molecule has 0 atom stereocenters. The molecule has 4 rings (SSSR count). The van der Waals surface area contributed by atoms with Crippen LogP contribution < -0.4 is 9.80 Å². The van der Waals surface area contributed by atoms with Crippen molar-refractivity contribution in [1.82, 2.24) is 9.88 Å². The molecule has 3 heterocycles. The summed E-state index contributed by atoms with van der Waals surface area (Å²) in [6, 6.07) is 6.38. The second-order valence-electron chi connectivity index (χ2n) is 7.74. The molecular formula is C22H25FN4O3. The van der Waals surface area contributed by atoms with Gasteiger partial charge in [-0.3, -0.25) is 9.69 Å². The number of halogens is 1. The van der Waals surface area contributed by atoms with E-state index in [0.717, 1.165) is 22.6 Å². The lowest BCUT2D eigenvalue weighted by Crippen LogP contribution is -2.49. The molecule has 0 unspecified atom stereocenters. The standard InChI is InChI=1S/C22H25FN4O3/c1-14-12-15(2)20(24-16(14)3)25-6-8-26(9-7-25)21(28)18-5-4-17(13-19(18)23)27-10-11-30-22(27)29/h4-5,12-13H,6-11H2,1-3H3. The Labute approximate surface area is 175 Å². The zero-order valence-corrected chi connectivity index (χ0v) is 17.4. The second kappa shape index (κ2) is 7.93. The predicted octanol–water partition coefficient (Wildman–Crippen LogP) is 3.06. The van der Waals surface area contributed by atoms with E-state index in [1.165, 1.54) is 17.0 Å². The molecule has 0 aliphatic carbocycles. The van der Waals surface area contributed by atoms with Crippen molar-refractivity contribution in [2.24, 2.45) is 0 Å². The van der Waals surface area contributed by atoms with E-state index in [2.05, 4.69) is 11.0 Å². The number of piperazine rings is 1. The lowest BCUT2D eigenvalue weighted by atomic mass is 10.1. The van der Waals surface area contributed by atoms with Crippen LogP contribution in [0, 0.1) is 26.6 Å². The SMILES string of the molecule is Cc1cc(C)c(N2CCN(C(=O)c3ccc(N4CCOC4=O)cc3F)CC2)nc1C. The Morgan fingerprint density at radius 3 is 2.40 bits per heavy atom. The zero-order valence-electron chi connectivity index (χ0n) is 17.4. The number of hydrogen-bond donors (Lipinski definition) is 0. The highest BCUT2D eigenvalue weighted by Crippen LogP contribution is 2.25. The molecule has 2 saturated heterocycles. The molecule has 2 aliphatic heterocycles. The van der Waals surface area contributed by atoms with E-state index in [1.54, 1.807) is 11.0 Å². The minimum atomic E-state index is -0.633. The lowest BCUT2D eigenvalue weighted by Gasteiger charge is -2.36. The van der Waals surface area contributed by atoms with Crippen LogP contribution in [0.15, 0.2) is 24.3 Å². The van der Waals surface area contributed by atoms with Crippen LogP contribution in [0.4, 0.5) is 20.7 Å². The topological polar surface area (TPSA) is 66.0 Å². The Morgan fingerprint density at radius 1 is 1.03 bits per heavy atom. The van der Waals surface area contributed by atoms with Crippen LogP contribution in [-0.4, -0.2) is 61.2 Å². The van der Waals surface area contributed by atoms with E-state index >= 15 is 0 Å². The lowest BCUT2D eigenvalue weighted by molar-refractivity contribution is 0.0742. The summed E-state index contributed by atoms with van der Waals surface area (Å²) < 4.78 is 19.5. The maximum Gasteiger partial charge on any atom is 0.414 e. The molecule has 0 N–H and O–H groups in total. The highest BCUT2D eigenvalue weighted by Gasteiger charge is 2.28. The molecule has 0 saturated carbocycles. The maximum absolute atomic E-state index is 14.7. The number of nitrogens with zero attached hydrogens (tertiary/aromatic N) is 4. The Bertz CT molecular complexity index is 1000. The molecule has 158 valence electrons. The van der Waals surface area contributed by atoms with Gasteiger partial charge in [-0.2, -0.15) is 0 Å².